The Labute approximate surface area is 211 Å². The lowest BCUT2D eigenvalue weighted by atomic mass is 9.91. The lowest BCUT2D eigenvalue weighted by Crippen LogP contribution is -2.20. The maximum absolute atomic E-state index is 14.8. The molecule has 1 aromatic heterocycles. The van der Waals surface area contributed by atoms with Crippen LogP contribution in [0.1, 0.15) is 60.2 Å². The first-order chi connectivity index (χ1) is 17.4. The number of likely N-dealkylation sites (tertiary alicyclic amines) is 1. The zero-order chi connectivity index (χ0) is 25.2. The van der Waals surface area contributed by atoms with E-state index in [1.54, 1.807) is 6.92 Å². The highest BCUT2D eigenvalue weighted by atomic mass is 19.1. The van der Waals surface area contributed by atoms with Crippen molar-refractivity contribution in [2.75, 3.05) is 13.1 Å². The van der Waals surface area contributed by atoms with Crippen molar-refractivity contribution in [1.29, 1.82) is 0 Å². The summed E-state index contributed by atoms with van der Waals surface area (Å²) in [5.74, 6) is -0.706. The van der Waals surface area contributed by atoms with Gasteiger partial charge in [-0.25, -0.2) is 4.39 Å². The fourth-order valence-corrected chi connectivity index (χ4v) is 5.36. The van der Waals surface area contributed by atoms with Crippen molar-refractivity contribution in [3.63, 3.8) is 0 Å². The molecule has 1 N–H and O–H groups in total. The van der Waals surface area contributed by atoms with Gasteiger partial charge < -0.3 is 9.84 Å². The summed E-state index contributed by atoms with van der Waals surface area (Å²) in [5, 5.41) is 9.28. The number of nitrogens with zero attached hydrogens (tertiary/aromatic N) is 2. The van der Waals surface area contributed by atoms with Crippen molar-refractivity contribution in [2.45, 2.75) is 58.6 Å². The molecule has 5 rings (SSSR count). The van der Waals surface area contributed by atoms with E-state index in [1.807, 2.05) is 31.2 Å². The van der Waals surface area contributed by atoms with Crippen LogP contribution in [0.2, 0.25) is 0 Å². The third kappa shape index (κ3) is 5.29. The van der Waals surface area contributed by atoms with Gasteiger partial charge in [-0.3, -0.25) is 14.7 Å². The highest BCUT2D eigenvalue weighted by molar-refractivity contribution is 5.70. The summed E-state index contributed by atoms with van der Waals surface area (Å²) in [7, 11) is 0. The molecule has 5 nitrogen and oxygen atoms in total. The predicted molar refractivity (Wildman–Crippen MR) is 138 cm³/mol. The average molecular weight is 489 g/mol. The van der Waals surface area contributed by atoms with Gasteiger partial charge in [0.2, 0.25) is 0 Å². The second-order valence-electron chi connectivity index (χ2n) is 10.2. The molecule has 0 amide bonds. The van der Waals surface area contributed by atoms with E-state index in [0.717, 1.165) is 71.7 Å². The molecule has 1 saturated heterocycles. The largest absolute Gasteiger partial charge is 0.485 e. The third-order valence-corrected chi connectivity index (χ3v) is 7.42. The predicted octanol–water partition coefficient (Wildman–Crippen LogP) is 6.12. The molecule has 2 aliphatic rings. The molecule has 0 radical (unpaired) electrons. The summed E-state index contributed by atoms with van der Waals surface area (Å²) in [6, 6.07) is 14.2. The topological polar surface area (TPSA) is 62.7 Å². The maximum atomic E-state index is 14.8. The molecule has 2 unspecified atom stereocenters. The summed E-state index contributed by atoms with van der Waals surface area (Å²) in [6.07, 6.45) is 5.84. The van der Waals surface area contributed by atoms with Crippen LogP contribution in [0, 0.1) is 18.7 Å². The Balaban J connectivity index is 1.44. The van der Waals surface area contributed by atoms with Crippen LogP contribution in [-0.2, 0) is 24.2 Å². The maximum Gasteiger partial charge on any atom is 0.306 e. The molecular weight excluding hydrogens is 455 g/mol. The lowest BCUT2D eigenvalue weighted by Gasteiger charge is -2.28. The van der Waals surface area contributed by atoms with Crippen LogP contribution in [0.5, 0.6) is 5.75 Å². The number of hydrogen-bond acceptors (Lipinski definition) is 4. The number of benzene rings is 2. The Morgan fingerprint density at radius 3 is 2.75 bits per heavy atom. The molecule has 6 heteroatoms. The molecule has 2 atom stereocenters. The number of aliphatic carboxylic acids is 1. The molecule has 0 spiro atoms. The van der Waals surface area contributed by atoms with E-state index >= 15 is 0 Å². The standard InChI is InChI=1S/C30H33FN2O3/c1-19(30(34)35)13-21-5-6-22-8-10-28(36-29(22)15-21)23-7-9-25(26-14-20(2)32-17-27(26)31)24(16-23)18-33-11-3-4-12-33/h5-7,9,14-17,19,28H,3-4,8,10-13,18H2,1-2H3,(H,34,35). The number of fused-ring (bicyclic) bond motifs is 1. The van der Waals surface area contributed by atoms with Crippen LogP contribution in [0.15, 0.2) is 48.7 Å². The quantitative estimate of drug-likeness (QED) is 0.434. The lowest BCUT2D eigenvalue weighted by molar-refractivity contribution is -0.141. The normalized spacial score (nSPS) is 18.5. The molecule has 2 aliphatic heterocycles. The molecule has 0 saturated carbocycles. The summed E-state index contributed by atoms with van der Waals surface area (Å²) < 4.78 is 21.3. The number of aromatic nitrogens is 1. The monoisotopic (exact) mass is 488 g/mol. The Kier molecular flexibility index (Phi) is 7.06. The van der Waals surface area contributed by atoms with Gasteiger partial charge in [-0.1, -0.05) is 37.3 Å². The van der Waals surface area contributed by atoms with Gasteiger partial charge >= 0.3 is 5.97 Å². The number of pyridine rings is 1. The second kappa shape index (κ2) is 10.4. The van der Waals surface area contributed by atoms with Gasteiger partial charge in [-0.2, -0.15) is 0 Å². The number of carboxylic acid groups (broad SMARTS) is 1. The highest BCUT2D eigenvalue weighted by Gasteiger charge is 2.24. The Morgan fingerprint density at radius 2 is 1.97 bits per heavy atom. The molecule has 188 valence electrons. The second-order valence-corrected chi connectivity index (χ2v) is 10.2. The molecule has 3 heterocycles. The summed E-state index contributed by atoms with van der Waals surface area (Å²) in [6.45, 7) is 6.52. The minimum Gasteiger partial charge on any atom is -0.485 e. The number of halogens is 1. The molecule has 36 heavy (non-hydrogen) atoms. The minimum atomic E-state index is -0.794. The van der Waals surface area contributed by atoms with Crippen molar-refractivity contribution in [2.24, 2.45) is 5.92 Å². The zero-order valence-corrected chi connectivity index (χ0v) is 21.0. The molecule has 2 aromatic carbocycles. The van der Waals surface area contributed by atoms with Crippen LogP contribution in [0.3, 0.4) is 0 Å². The van der Waals surface area contributed by atoms with E-state index in [9.17, 15) is 14.3 Å². The summed E-state index contributed by atoms with van der Waals surface area (Å²) >= 11 is 0. The first kappa shape index (κ1) is 24.4. The minimum absolute atomic E-state index is 0.0972. The van der Waals surface area contributed by atoms with Gasteiger partial charge in [-0.15, -0.1) is 0 Å². The first-order valence-corrected chi connectivity index (χ1v) is 12.9. The van der Waals surface area contributed by atoms with Crippen LogP contribution >= 0.6 is 0 Å². The van der Waals surface area contributed by atoms with E-state index in [4.69, 9.17) is 4.74 Å². The van der Waals surface area contributed by atoms with E-state index < -0.39 is 11.9 Å². The van der Waals surface area contributed by atoms with Gasteiger partial charge in [0.05, 0.1) is 12.1 Å². The number of rotatable bonds is 7. The fourth-order valence-electron chi connectivity index (χ4n) is 5.36. The van der Waals surface area contributed by atoms with Crippen molar-refractivity contribution in [1.82, 2.24) is 9.88 Å². The highest BCUT2D eigenvalue weighted by Crippen LogP contribution is 2.38. The smallest absolute Gasteiger partial charge is 0.306 e. The van der Waals surface area contributed by atoms with E-state index in [-0.39, 0.29) is 11.9 Å². The van der Waals surface area contributed by atoms with Crippen LogP contribution in [0.4, 0.5) is 4.39 Å². The van der Waals surface area contributed by atoms with E-state index in [1.165, 1.54) is 19.0 Å². The van der Waals surface area contributed by atoms with Crippen molar-refractivity contribution >= 4 is 5.97 Å². The number of hydrogen-bond donors (Lipinski definition) is 1. The summed E-state index contributed by atoms with van der Waals surface area (Å²) in [4.78, 5) is 17.8. The van der Waals surface area contributed by atoms with Gasteiger partial charge in [0.25, 0.3) is 0 Å². The van der Waals surface area contributed by atoms with Crippen LogP contribution in [0.25, 0.3) is 11.1 Å². The number of ether oxygens (including phenoxy) is 1. The van der Waals surface area contributed by atoms with Crippen molar-refractivity contribution < 1.29 is 19.0 Å². The van der Waals surface area contributed by atoms with Crippen LogP contribution < -0.4 is 4.74 Å². The van der Waals surface area contributed by atoms with Gasteiger partial charge in [0.1, 0.15) is 17.7 Å². The Hall–Kier alpha value is -3.25. The summed E-state index contributed by atoms with van der Waals surface area (Å²) in [5.41, 5.74) is 6.62. The van der Waals surface area contributed by atoms with Gasteiger partial charge in [-0.05, 0) is 92.1 Å². The molecule has 0 bridgehead atoms. The molecule has 1 fully saturated rings. The van der Waals surface area contributed by atoms with Crippen molar-refractivity contribution in [3.05, 3.63) is 82.4 Å². The van der Waals surface area contributed by atoms with E-state index in [0.29, 0.717) is 12.0 Å². The number of aryl methyl sites for hydroxylation is 2. The van der Waals surface area contributed by atoms with E-state index in [2.05, 4.69) is 28.1 Å². The van der Waals surface area contributed by atoms with Crippen LogP contribution in [-0.4, -0.2) is 34.0 Å². The Bertz CT molecular complexity index is 1270. The molecular formula is C30H33FN2O3. The molecule has 3 aromatic rings. The molecule has 0 aliphatic carbocycles. The SMILES string of the molecule is Cc1cc(-c2ccc(C3CCc4ccc(CC(C)C(=O)O)cc4O3)cc2CN2CCCC2)c(F)cn1. The first-order valence-electron chi connectivity index (χ1n) is 12.9. The number of carboxylic acids is 1. The van der Waals surface area contributed by atoms with Crippen molar-refractivity contribution in [3.8, 4) is 16.9 Å². The fraction of sp³-hybridized carbons (Fsp3) is 0.400. The Morgan fingerprint density at radius 1 is 1.17 bits per heavy atom. The number of carbonyl (C=O) groups is 1. The third-order valence-electron chi connectivity index (χ3n) is 7.42. The average Bonchev–Trinajstić information content (AvgIpc) is 3.38. The zero-order valence-electron chi connectivity index (χ0n) is 21.0. The van der Waals surface area contributed by atoms with Gasteiger partial charge in [0.15, 0.2) is 0 Å². The van der Waals surface area contributed by atoms with Gasteiger partial charge in [0, 0.05) is 17.8 Å².